The summed E-state index contributed by atoms with van der Waals surface area (Å²) >= 11 is 0. The molecule has 16 heavy (non-hydrogen) atoms. The Labute approximate surface area is 98.8 Å². The molecule has 1 rings (SSSR count). The molecule has 0 aromatic heterocycles. The first-order valence-electron chi connectivity index (χ1n) is 5.32. The van der Waals surface area contributed by atoms with E-state index in [1.807, 2.05) is 0 Å². The Balaban J connectivity index is 0. The second-order valence-corrected chi connectivity index (χ2v) is 5.69. The molecule has 1 saturated heterocycles. The van der Waals surface area contributed by atoms with Crippen molar-refractivity contribution in [1.29, 1.82) is 0 Å². The lowest BCUT2D eigenvalue weighted by Gasteiger charge is -2.41. The van der Waals surface area contributed by atoms with Crippen LogP contribution < -0.4 is 11.5 Å². The van der Waals surface area contributed by atoms with E-state index in [1.165, 1.54) is 13.8 Å². The lowest BCUT2D eigenvalue weighted by molar-refractivity contribution is -0.124. The first-order valence-corrected chi connectivity index (χ1v) is 5.32. The van der Waals surface area contributed by atoms with E-state index in [1.54, 1.807) is 0 Å². The fourth-order valence-corrected chi connectivity index (χ4v) is 2.05. The largest absolute Gasteiger partial charge is 0.344 e. The van der Waals surface area contributed by atoms with Gasteiger partial charge >= 0.3 is 0 Å². The van der Waals surface area contributed by atoms with Crippen LogP contribution in [0.1, 0.15) is 54.4 Å². The first kappa shape index (κ1) is 17.6. The monoisotopic (exact) mass is 230 g/mol. The van der Waals surface area contributed by atoms with Crippen molar-refractivity contribution in [1.82, 2.24) is 11.5 Å². The van der Waals surface area contributed by atoms with Crippen LogP contribution in [0.2, 0.25) is 0 Å². The third-order valence-corrected chi connectivity index (χ3v) is 1.95. The van der Waals surface area contributed by atoms with Crippen LogP contribution in [0.4, 0.5) is 0 Å². The molecule has 0 aromatic carbocycles. The van der Waals surface area contributed by atoms with E-state index in [-0.39, 0.29) is 23.0 Å². The zero-order valence-electron chi connectivity index (χ0n) is 11.4. The van der Waals surface area contributed by atoms with E-state index < -0.39 is 0 Å². The summed E-state index contributed by atoms with van der Waals surface area (Å²) in [6.45, 7) is 11.4. The first-order chi connectivity index (χ1) is 6.54. The van der Waals surface area contributed by atoms with Crippen LogP contribution in [0.5, 0.6) is 0 Å². The van der Waals surface area contributed by atoms with Crippen molar-refractivity contribution in [2.45, 2.75) is 65.5 Å². The van der Waals surface area contributed by atoms with Crippen molar-refractivity contribution in [3.63, 3.8) is 0 Å². The SMILES string of the molecule is CC(C)=O.CC1(C)CC(=O)CC(C)(C)N1.N. The number of hydrogen-bond acceptors (Lipinski definition) is 4. The van der Waals surface area contributed by atoms with Gasteiger partial charge in [0.15, 0.2) is 0 Å². The van der Waals surface area contributed by atoms with Crippen LogP contribution in [0.3, 0.4) is 0 Å². The van der Waals surface area contributed by atoms with E-state index in [9.17, 15) is 9.59 Å². The summed E-state index contributed by atoms with van der Waals surface area (Å²) in [6, 6.07) is 0. The molecule has 4 heteroatoms. The minimum atomic E-state index is -0.0150. The van der Waals surface area contributed by atoms with Crippen molar-refractivity contribution in [3.8, 4) is 0 Å². The van der Waals surface area contributed by atoms with Gasteiger partial charge in [-0.3, -0.25) is 4.79 Å². The number of nitrogens with one attached hydrogen (secondary N) is 1. The summed E-state index contributed by atoms with van der Waals surface area (Å²) in [5.74, 6) is 0.541. The smallest absolute Gasteiger partial charge is 0.136 e. The number of rotatable bonds is 0. The molecule has 4 N–H and O–H groups in total. The zero-order chi connectivity index (χ0) is 12.3. The average molecular weight is 230 g/mol. The van der Waals surface area contributed by atoms with Crippen molar-refractivity contribution in [3.05, 3.63) is 0 Å². The van der Waals surface area contributed by atoms with Crippen LogP contribution >= 0.6 is 0 Å². The van der Waals surface area contributed by atoms with E-state index in [2.05, 4.69) is 33.0 Å². The highest BCUT2D eigenvalue weighted by Gasteiger charge is 2.36. The summed E-state index contributed by atoms with van der Waals surface area (Å²) in [6.07, 6.45) is 1.33. The van der Waals surface area contributed by atoms with Gasteiger partial charge in [0.05, 0.1) is 0 Å². The predicted octanol–water partition coefficient (Wildman–Crippen LogP) is 2.25. The van der Waals surface area contributed by atoms with Gasteiger partial charge < -0.3 is 16.3 Å². The molecule has 0 spiro atoms. The van der Waals surface area contributed by atoms with Crippen molar-refractivity contribution >= 4 is 11.6 Å². The highest BCUT2D eigenvalue weighted by Crippen LogP contribution is 2.25. The van der Waals surface area contributed by atoms with Gasteiger partial charge in [0, 0.05) is 23.9 Å². The lowest BCUT2D eigenvalue weighted by Crippen LogP contribution is -2.58. The highest BCUT2D eigenvalue weighted by atomic mass is 16.1. The van der Waals surface area contributed by atoms with E-state index >= 15 is 0 Å². The molecule has 0 unspecified atom stereocenters. The number of piperidine rings is 1. The predicted molar refractivity (Wildman–Crippen MR) is 66.9 cm³/mol. The fraction of sp³-hybridized carbons (Fsp3) is 0.833. The van der Waals surface area contributed by atoms with Gasteiger partial charge in [0.2, 0.25) is 0 Å². The molecule has 0 bridgehead atoms. The minimum Gasteiger partial charge on any atom is -0.344 e. The summed E-state index contributed by atoms with van der Waals surface area (Å²) in [5.41, 5.74) is -0.0301. The van der Waals surface area contributed by atoms with E-state index in [4.69, 9.17) is 0 Å². The molecule has 1 heterocycles. The summed E-state index contributed by atoms with van der Waals surface area (Å²) in [5, 5.41) is 3.44. The maximum Gasteiger partial charge on any atom is 0.136 e. The quantitative estimate of drug-likeness (QED) is 0.668. The molecule has 1 aliphatic rings. The highest BCUT2D eigenvalue weighted by molar-refractivity contribution is 5.81. The van der Waals surface area contributed by atoms with Crippen molar-refractivity contribution in [2.24, 2.45) is 0 Å². The Bertz CT molecular complexity index is 236. The Morgan fingerprint density at radius 2 is 1.31 bits per heavy atom. The van der Waals surface area contributed by atoms with Crippen LogP contribution in [0, 0.1) is 0 Å². The molecule has 96 valence electrons. The molecule has 1 aliphatic heterocycles. The lowest BCUT2D eigenvalue weighted by atomic mass is 9.82. The number of Topliss-reactive ketones (excluding diaryl/α,β-unsaturated/α-hetero) is 2. The van der Waals surface area contributed by atoms with Crippen molar-refractivity contribution in [2.75, 3.05) is 0 Å². The standard InChI is InChI=1S/C9H17NO.C3H6O.H3N/c1-8(2)5-7(11)6-9(3,4)10-8;1-3(2)4;/h10H,5-6H2,1-4H3;1-2H3;1H3. The van der Waals surface area contributed by atoms with Gasteiger partial charge in [-0.2, -0.15) is 0 Å². The molecule has 0 aromatic rings. The van der Waals surface area contributed by atoms with Crippen LogP contribution in [0.25, 0.3) is 0 Å². The van der Waals surface area contributed by atoms with Crippen molar-refractivity contribution < 1.29 is 9.59 Å². The normalized spacial score (nSPS) is 21.2. The second kappa shape index (κ2) is 6.11. The third kappa shape index (κ3) is 8.56. The third-order valence-electron chi connectivity index (χ3n) is 1.95. The van der Waals surface area contributed by atoms with Crippen LogP contribution in [-0.4, -0.2) is 22.6 Å². The Kier molecular flexibility index (Phi) is 6.74. The van der Waals surface area contributed by atoms with Gasteiger partial charge in [-0.1, -0.05) is 0 Å². The number of carbonyl (C=O) groups excluding carboxylic acids is 2. The van der Waals surface area contributed by atoms with E-state index in [0.29, 0.717) is 18.6 Å². The Morgan fingerprint density at radius 3 is 1.50 bits per heavy atom. The number of hydrogen-bond donors (Lipinski definition) is 2. The minimum absolute atomic E-state index is 0. The fourth-order valence-electron chi connectivity index (χ4n) is 2.05. The topological polar surface area (TPSA) is 81.2 Å². The Morgan fingerprint density at radius 1 is 1.06 bits per heavy atom. The number of carbonyl (C=O) groups is 2. The molecule has 1 fully saturated rings. The van der Waals surface area contributed by atoms with E-state index in [0.717, 1.165) is 0 Å². The van der Waals surface area contributed by atoms with Gasteiger partial charge in [-0.15, -0.1) is 0 Å². The van der Waals surface area contributed by atoms with Crippen LogP contribution in [0.15, 0.2) is 0 Å². The molecule has 4 nitrogen and oxygen atoms in total. The molecule has 0 atom stereocenters. The molecule has 0 saturated carbocycles. The van der Waals surface area contributed by atoms with Gasteiger partial charge in [0.1, 0.15) is 11.6 Å². The molecular weight excluding hydrogens is 204 g/mol. The summed E-state index contributed by atoms with van der Waals surface area (Å²) in [7, 11) is 0. The zero-order valence-corrected chi connectivity index (χ0v) is 11.4. The van der Waals surface area contributed by atoms with Gasteiger partial charge in [-0.25, -0.2) is 0 Å². The molecule has 0 radical (unpaired) electrons. The Hall–Kier alpha value is -0.740. The molecule has 0 aliphatic carbocycles. The molecular formula is C12H26N2O2. The molecule has 0 amide bonds. The van der Waals surface area contributed by atoms with Gasteiger partial charge in [0.25, 0.3) is 0 Å². The number of ketones is 2. The van der Waals surface area contributed by atoms with Crippen LogP contribution in [-0.2, 0) is 9.59 Å². The summed E-state index contributed by atoms with van der Waals surface area (Å²) < 4.78 is 0. The second-order valence-electron chi connectivity index (χ2n) is 5.69. The van der Waals surface area contributed by atoms with Gasteiger partial charge in [-0.05, 0) is 41.5 Å². The maximum atomic E-state index is 11.3. The maximum absolute atomic E-state index is 11.3. The summed E-state index contributed by atoms with van der Waals surface area (Å²) in [4.78, 5) is 20.7. The average Bonchev–Trinajstić information content (AvgIpc) is 1.73.